The van der Waals surface area contributed by atoms with Crippen LogP contribution in [0.3, 0.4) is 0 Å². The number of piperazine rings is 1. The van der Waals surface area contributed by atoms with Crippen LogP contribution >= 0.6 is 22.6 Å². The van der Waals surface area contributed by atoms with Gasteiger partial charge in [0.1, 0.15) is 5.75 Å². The number of phenolic OH excluding ortho intramolecular Hbond substituents is 1. The van der Waals surface area contributed by atoms with E-state index in [1.807, 2.05) is 47.4 Å². The fourth-order valence-corrected chi connectivity index (χ4v) is 3.02. The molecular weight excluding hydrogens is 391 g/mol. The van der Waals surface area contributed by atoms with Crippen LogP contribution in [0.2, 0.25) is 0 Å². The Labute approximate surface area is 143 Å². The normalized spacial score (nSPS) is 15.0. The van der Waals surface area contributed by atoms with Gasteiger partial charge in [0, 0.05) is 35.3 Å². The molecule has 1 amide bonds. The topological polar surface area (TPSA) is 43.8 Å². The maximum Gasteiger partial charge on any atom is 0.253 e. The summed E-state index contributed by atoms with van der Waals surface area (Å²) in [6, 6.07) is 15.0. The second kappa shape index (κ2) is 6.56. The summed E-state index contributed by atoms with van der Waals surface area (Å²) in [4.78, 5) is 16.5. The summed E-state index contributed by atoms with van der Waals surface area (Å²) in [7, 11) is 0. The quantitative estimate of drug-likeness (QED) is 0.778. The summed E-state index contributed by atoms with van der Waals surface area (Å²) in [5.41, 5.74) is 1.57. The molecule has 0 spiro atoms. The van der Waals surface area contributed by atoms with Gasteiger partial charge in [-0.15, -0.1) is 0 Å². The van der Waals surface area contributed by atoms with Crippen molar-refractivity contribution >= 4 is 34.2 Å². The number of benzene rings is 2. The Morgan fingerprint density at radius 2 is 1.59 bits per heavy atom. The first kappa shape index (κ1) is 15.1. The average Bonchev–Trinajstić information content (AvgIpc) is 2.56. The van der Waals surface area contributed by atoms with E-state index in [1.165, 1.54) is 0 Å². The second-order valence-electron chi connectivity index (χ2n) is 5.27. The minimum atomic E-state index is 0.0772. The SMILES string of the molecule is O=C(c1ccc(I)cc1)N1CCN(c2ccccc2O)CC1. The van der Waals surface area contributed by atoms with Crippen LogP contribution in [0.5, 0.6) is 5.75 Å². The van der Waals surface area contributed by atoms with Crippen molar-refractivity contribution in [2.24, 2.45) is 0 Å². The largest absolute Gasteiger partial charge is 0.506 e. The lowest BCUT2D eigenvalue weighted by atomic mass is 10.1. The fraction of sp³-hybridized carbons (Fsp3) is 0.235. The molecule has 1 aliphatic heterocycles. The molecule has 22 heavy (non-hydrogen) atoms. The Bertz CT molecular complexity index is 665. The van der Waals surface area contributed by atoms with Crippen LogP contribution in [-0.4, -0.2) is 42.1 Å². The molecule has 0 bridgehead atoms. The van der Waals surface area contributed by atoms with Gasteiger partial charge in [-0.25, -0.2) is 0 Å². The van der Waals surface area contributed by atoms with Crippen molar-refractivity contribution < 1.29 is 9.90 Å². The maximum absolute atomic E-state index is 12.5. The van der Waals surface area contributed by atoms with E-state index in [4.69, 9.17) is 0 Å². The van der Waals surface area contributed by atoms with Crippen LogP contribution < -0.4 is 4.90 Å². The van der Waals surface area contributed by atoms with E-state index in [-0.39, 0.29) is 5.91 Å². The van der Waals surface area contributed by atoms with E-state index in [0.29, 0.717) is 18.8 Å². The third-order valence-electron chi connectivity index (χ3n) is 3.88. The number of rotatable bonds is 2. The molecule has 1 N–H and O–H groups in total. The number of halogens is 1. The van der Waals surface area contributed by atoms with Gasteiger partial charge in [-0.2, -0.15) is 0 Å². The number of nitrogens with zero attached hydrogens (tertiary/aromatic N) is 2. The highest BCUT2D eigenvalue weighted by Gasteiger charge is 2.23. The highest BCUT2D eigenvalue weighted by molar-refractivity contribution is 14.1. The minimum absolute atomic E-state index is 0.0772. The zero-order chi connectivity index (χ0) is 15.5. The first-order chi connectivity index (χ1) is 10.6. The first-order valence-electron chi connectivity index (χ1n) is 7.23. The van der Waals surface area contributed by atoms with Gasteiger partial charge in [0.2, 0.25) is 0 Å². The Morgan fingerprint density at radius 1 is 0.955 bits per heavy atom. The van der Waals surface area contributed by atoms with Crippen LogP contribution in [-0.2, 0) is 0 Å². The lowest BCUT2D eigenvalue weighted by Gasteiger charge is -2.36. The number of hydrogen-bond acceptors (Lipinski definition) is 3. The molecule has 3 rings (SSSR count). The van der Waals surface area contributed by atoms with Crippen molar-refractivity contribution in [1.82, 2.24) is 4.90 Å². The third-order valence-corrected chi connectivity index (χ3v) is 4.60. The van der Waals surface area contributed by atoms with E-state index < -0.39 is 0 Å². The van der Waals surface area contributed by atoms with E-state index >= 15 is 0 Å². The molecule has 114 valence electrons. The lowest BCUT2D eigenvalue weighted by Crippen LogP contribution is -2.48. The smallest absolute Gasteiger partial charge is 0.253 e. The molecule has 2 aromatic carbocycles. The predicted octanol–water partition coefficient (Wildman–Crippen LogP) is 2.96. The molecule has 2 aromatic rings. The Kier molecular flexibility index (Phi) is 4.52. The minimum Gasteiger partial charge on any atom is -0.506 e. The van der Waals surface area contributed by atoms with Gasteiger partial charge in [0.05, 0.1) is 5.69 Å². The number of carbonyl (C=O) groups is 1. The highest BCUT2D eigenvalue weighted by Crippen LogP contribution is 2.27. The monoisotopic (exact) mass is 408 g/mol. The van der Waals surface area contributed by atoms with Crippen molar-refractivity contribution in [3.8, 4) is 5.75 Å². The molecule has 0 radical (unpaired) electrons. The molecule has 5 heteroatoms. The van der Waals surface area contributed by atoms with Crippen molar-refractivity contribution in [1.29, 1.82) is 0 Å². The summed E-state index contributed by atoms with van der Waals surface area (Å²) < 4.78 is 1.12. The average molecular weight is 408 g/mol. The van der Waals surface area contributed by atoms with Gasteiger partial charge in [-0.3, -0.25) is 4.79 Å². The summed E-state index contributed by atoms with van der Waals surface area (Å²) in [6.07, 6.45) is 0. The van der Waals surface area contributed by atoms with Crippen LogP contribution in [0.25, 0.3) is 0 Å². The van der Waals surface area contributed by atoms with Gasteiger partial charge >= 0.3 is 0 Å². The Hall–Kier alpha value is -1.76. The molecule has 1 aliphatic rings. The molecule has 0 aromatic heterocycles. The molecular formula is C17H17IN2O2. The highest BCUT2D eigenvalue weighted by atomic mass is 127. The number of hydrogen-bond donors (Lipinski definition) is 1. The Balaban J connectivity index is 1.65. The first-order valence-corrected chi connectivity index (χ1v) is 8.31. The summed E-state index contributed by atoms with van der Waals surface area (Å²) in [5, 5.41) is 9.92. The molecule has 0 unspecified atom stereocenters. The lowest BCUT2D eigenvalue weighted by molar-refractivity contribution is 0.0746. The number of carbonyl (C=O) groups excluding carboxylic acids is 1. The maximum atomic E-state index is 12.5. The Morgan fingerprint density at radius 3 is 2.23 bits per heavy atom. The zero-order valence-electron chi connectivity index (χ0n) is 12.1. The number of amides is 1. The zero-order valence-corrected chi connectivity index (χ0v) is 14.2. The summed E-state index contributed by atoms with van der Waals surface area (Å²) >= 11 is 2.23. The summed E-state index contributed by atoms with van der Waals surface area (Å²) in [5.74, 6) is 0.369. The molecule has 1 heterocycles. The molecule has 0 aliphatic carbocycles. The molecule has 1 fully saturated rings. The van der Waals surface area contributed by atoms with Gasteiger partial charge in [-0.1, -0.05) is 12.1 Å². The number of para-hydroxylation sites is 2. The van der Waals surface area contributed by atoms with Crippen LogP contribution in [0.4, 0.5) is 5.69 Å². The van der Waals surface area contributed by atoms with Gasteiger partial charge in [0.15, 0.2) is 0 Å². The number of aromatic hydroxyl groups is 1. The standard InChI is InChI=1S/C17H17IN2O2/c18-14-7-5-13(6-8-14)17(22)20-11-9-19(10-12-20)15-3-1-2-4-16(15)21/h1-8,21H,9-12H2. The second-order valence-corrected chi connectivity index (χ2v) is 6.52. The number of anilines is 1. The van der Waals surface area contributed by atoms with E-state index in [1.54, 1.807) is 6.07 Å². The molecule has 0 atom stereocenters. The molecule has 0 saturated carbocycles. The van der Waals surface area contributed by atoms with Crippen molar-refractivity contribution in [2.45, 2.75) is 0 Å². The van der Waals surface area contributed by atoms with E-state index in [0.717, 1.165) is 27.9 Å². The molecule has 4 nitrogen and oxygen atoms in total. The van der Waals surface area contributed by atoms with E-state index in [2.05, 4.69) is 27.5 Å². The fourth-order valence-electron chi connectivity index (χ4n) is 2.66. The predicted molar refractivity (Wildman–Crippen MR) is 95.4 cm³/mol. The molecule has 1 saturated heterocycles. The van der Waals surface area contributed by atoms with E-state index in [9.17, 15) is 9.90 Å². The van der Waals surface area contributed by atoms with Crippen LogP contribution in [0.15, 0.2) is 48.5 Å². The van der Waals surface area contributed by atoms with Gasteiger partial charge < -0.3 is 14.9 Å². The van der Waals surface area contributed by atoms with Gasteiger partial charge in [0.25, 0.3) is 5.91 Å². The third kappa shape index (κ3) is 3.19. The van der Waals surface area contributed by atoms with Crippen LogP contribution in [0.1, 0.15) is 10.4 Å². The van der Waals surface area contributed by atoms with Crippen LogP contribution in [0, 0.1) is 3.57 Å². The summed E-state index contributed by atoms with van der Waals surface area (Å²) in [6.45, 7) is 2.79. The van der Waals surface area contributed by atoms with Crippen molar-refractivity contribution in [3.63, 3.8) is 0 Å². The van der Waals surface area contributed by atoms with Gasteiger partial charge in [-0.05, 0) is 59.0 Å². The van der Waals surface area contributed by atoms with Crippen molar-refractivity contribution in [2.75, 3.05) is 31.1 Å². The van der Waals surface area contributed by atoms with Crippen molar-refractivity contribution in [3.05, 3.63) is 57.7 Å². The number of phenols is 1.